The second-order valence-corrected chi connectivity index (χ2v) is 4.02. The molecule has 0 saturated heterocycles. The molecule has 0 amide bonds. The lowest BCUT2D eigenvalue weighted by Crippen LogP contribution is -2.00. The number of carboxylic acid groups (broad SMARTS) is 1. The van der Waals surface area contributed by atoms with E-state index in [1.54, 1.807) is 12.3 Å². The van der Waals surface area contributed by atoms with E-state index >= 15 is 0 Å². The van der Waals surface area contributed by atoms with Crippen LogP contribution in [-0.4, -0.2) is 26.1 Å². The van der Waals surface area contributed by atoms with Crippen molar-refractivity contribution in [2.75, 3.05) is 0 Å². The molecule has 1 heterocycles. The van der Waals surface area contributed by atoms with E-state index in [9.17, 15) is 4.79 Å². The van der Waals surface area contributed by atoms with Gasteiger partial charge in [0, 0.05) is 5.02 Å². The number of halogens is 1. The fourth-order valence-corrected chi connectivity index (χ4v) is 1.67. The van der Waals surface area contributed by atoms with Crippen molar-refractivity contribution in [3.8, 4) is 5.69 Å². The monoisotopic (exact) mass is 251 g/mol. The summed E-state index contributed by atoms with van der Waals surface area (Å²) < 4.78 is 1.53. The third-order valence-electron chi connectivity index (χ3n) is 2.36. The second-order valence-electron chi connectivity index (χ2n) is 3.61. The molecule has 0 bridgehead atoms. The van der Waals surface area contributed by atoms with E-state index in [4.69, 9.17) is 16.7 Å². The zero-order chi connectivity index (χ0) is 12.4. The van der Waals surface area contributed by atoms with Gasteiger partial charge in [0.2, 0.25) is 0 Å². The standard InChI is InChI=1S/C11H10ClN3O2/c1-7-9(12)3-2-4-10(7)15-6-8(13-14-15)5-11(16)17/h2-4,6H,5H2,1H3,(H,16,17). The van der Waals surface area contributed by atoms with Crippen molar-refractivity contribution in [1.82, 2.24) is 15.0 Å². The Bertz CT molecular complexity index is 566. The molecule has 0 fully saturated rings. The first-order valence-electron chi connectivity index (χ1n) is 4.96. The molecule has 6 heteroatoms. The number of carboxylic acids is 1. The maximum atomic E-state index is 10.5. The maximum Gasteiger partial charge on any atom is 0.309 e. The molecule has 2 rings (SSSR count). The lowest BCUT2D eigenvalue weighted by Gasteiger charge is -2.05. The van der Waals surface area contributed by atoms with Crippen LogP contribution in [0, 0.1) is 6.92 Å². The quantitative estimate of drug-likeness (QED) is 0.904. The van der Waals surface area contributed by atoms with Gasteiger partial charge in [-0.15, -0.1) is 5.10 Å². The molecule has 1 aromatic heterocycles. The SMILES string of the molecule is Cc1c(Cl)cccc1-n1cc(CC(=O)O)nn1. The summed E-state index contributed by atoms with van der Waals surface area (Å²) in [5, 5.41) is 17.0. The molecule has 0 atom stereocenters. The fourth-order valence-electron chi connectivity index (χ4n) is 1.50. The first-order valence-corrected chi connectivity index (χ1v) is 5.34. The van der Waals surface area contributed by atoms with Crippen LogP contribution < -0.4 is 0 Å². The van der Waals surface area contributed by atoms with E-state index in [0.717, 1.165) is 11.3 Å². The highest BCUT2D eigenvalue weighted by molar-refractivity contribution is 6.31. The summed E-state index contributed by atoms with van der Waals surface area (Å²) in [7, 11) is 0. The van der Waals surface area contributed by atoms with Crippen LogP contribution in [0.4, 0.5) is 0 Å². The van der Waals surface area contributed by atoms with Gasteiger partial charge in [0.15, 0.2) is 0 Å². The van der Waals surface area contributed by atoms with Crippen LogP contribution in [0.1, 0.15) is 11.3 Å². The average Bonchev–Trinajstić information content (AvgIpc) is 2.69. The smallest absolute Gasteiger partial charge is 0.309 e. The zero-order valence-corrected chi connectivity index (χ0v) is 9.85. The second kappa shape index (κ2) is 4.55. The van der Waals surface area contributed by atoms with Gasteiger partial charge in [0.05, 0.1) is 24.0 Å². The van der Waals surface area contributed by atoms with Crippen LogP contribution >= 0.6 is 11.6 Å². The Balaban J connectivity index is 2.37. The number of aliphatic carboxylic acids is 1. The van der Waals surface area contributed by atoms with Gasteiger partial charge in [-0.1, -0.05) is 22.9 Å². The van der Waals surface area contributed by atoms with Gasteiger partial charge in [0.1, 0.15) is 0 Å². The van der Waals surface area contributed by atoms with Crippen molar-refractivity contribution < 1.29 is 9.90 Å². The van der Waals surface area contributed by atoms with Crippen LogP contribution in [0.3, 0.4) is 0 Å². The maximum absolute atomic E-state index is 10.5. The normalized spacial score (nSPS) is 10.5. The number of hydrogen-bond donors (Lipinski definition) is 1. The average molecular weight is 252 g/mol. The largest absolute Gasteiger partial charge is 0.481 e. The van der Waals surface area contributed by atoms with Crippen LogP contribution in [-0.2, 0) is 11.2 Å². The molecule has 88 valence electrons. The highest BCUT2D eigenvalue weighted by Crippen LogP contribution is 2.21. The highest BCUT2D eigenvalue weighted by Gasteiger charge is 2.09. The molecule has 0 unspecified atom stereocenters. The summed E-state index contributed by atoms with van der Waals surface area (Å²) in [4.78, 5) is 10.5. The number of hydrogen-bond acceptors (Lipinski definition) is 3. The van der Waals surface area contributed by atoms with E-state index in [1.807, 2.05) is 19.1 Å². The Kier molecular flexibility index (Phi) is 3.10. The highest BCUT2D eigenvalue weighted by atomic mass is 35.5. The lowest BCUT2D eigenvalue weighted by atomic mass is 10.2. The molecule has 0 aliphatic rings. The molecular weight excluding hydrogens is 242 g/mol. The summed E-state index contributed by atoms with van der Waals surface area (Å²) >= 11 is 6.00. The third kappa shape index (κ3) is 2.45. The summed E-state index contributed by atoms with van der Waals surface area (Å²) in [6, 6.07) is 5.44. The molecule has 0 spiro atoms. The first kappa shape index (κ1) is 11.6. The predicted molar refractivity (Wildman–Crippen MR) is 62.4 cm³/mol. The van der Waals surface area contributed by atoms with E-state index in [-0.39, 0.29) is 6.42 Å². The summed E-state index contributed by atoms with van der Waals surface area (Å²) in [5.74, 6) is -0.931. The molecule has 0 aliphatic heterocycles. The van der Waals surface area contributed by atoms with E-state index in [0.29, 0.717) is 10.7 Å². The number of carbonyl (C=O) groups is 1. The summed E-state index contributed by atoms with van der Waals surface area (Å²) in [6.07, 6.45) is 1.45. The minimum Gasteiger partial charge on any atom is -0.481 e. The molecule has 0 saturated carbocycles. The molecule has 1 aromatic carbocycles. The minimum atomic E-state index is -0.931. The van der Waals surface area contributed by atoms with Crippen molar-refractivity contribution in [2.45, 2.75) is 13.3 Å². The van der Waals surface area contributed by atoms with Crippen molar-refractivity contribution >= 4 is 17.6 Å². The molecule has 0 aliphatic carbocycles. The van der Waals surface area contributed by atoms with Gasteiger partial charge in [0.25, 0.3) is 0 Å². The van der Waals surface area contributed by atoms with Gasteiger partial charge in [-0.05, 0) is 24.6 Å². The van der Waals surface area contributed by atoms with Crippen LogP contribution in [0.2, 0.25) is 5.02 Å². The van der Waals surface area contributed by atoms with Crippen LogP contribution in [0.5, 0.6) is 0 Å². The summed E-state index contributed by atoms with van der Waals surface area (Å²) in [6.45, 7) is 1.87. The van der Waals surface area contributed by atoms with E-state index in [2.05, 4.69) is 10.3 Å². The zero-order valence-electron chi connectivity index (χ0n) is 9.09. The van der Waals surface area contributed by atoms with Crippen LogP contribution in [0.15, 0.2) is 24.4 Å². The van der Waals surface area contributed by atoms with Gasteiger partial charge in [-0.25, -0.2) is 4.68 Å². The molecule has 0 radical (unpaired) electrons. The predicted octanol–water partition coefficient (Wildman–Crippen LogP) is 1.86. The number of aromatic nitrogens is 3. The Hall–Kier alpha value is -1.88. The molecular formula is C11H10ClN3O2. The number of nitrogens with zero attached hydrogens (tertiary/aromatic N) is 3. The van der Waals surface area contributed by atoms with Gasteiger partial charge < -0.3 is 5.11 Å². The first-order chi connectivity index (χ1) is 8.08. The molecule has 1 N–H and O–H groups in total. The van der Waals surface area contributed by atoms with Gasteiger partial charge >= 0.3 is 5.97 Å². The Morgan fingerprint density at radius 1 is 1.53 bits per heavy atom. The summed E-state index contributed by atoms with van der Waals surface area (Å²) in [5.41, 5.74) is 2.08. The molecule has 2 aromatic rings. The molecule has 5 nitrogen and oxygen atoms in total. The number of rotatable bonds is 3. The Labute approximate surface area is 103 Å². The van der Waals surface area contributed by atoms with Crippen LogP contribution in [0.25, 0.3) is 5.69 Å². The Morgan fingerprint density at radius 2 is 2.29 bits per heavy atom. The Morgan fingerprint density at radius 3 is 3.00 bits per heavy atom. The van der Waals surface area contributed by atoms with Crippen molar-refractivity contribution in [1.29, 1.82) is 0 Å². The number of benzene rings is 1. The third-order valence-corrected chi connectivity index (χ3v) is 2.77. The van der Waals surface area contributed by atoms with Gasteiger partial charge in [-0.3, -0.25) is 4.79 Å². The molecule has 17 heavy (non-hydrogen) atoms. The van der Waals surface area contributed by atoms with Crippen molar-refractivity contribution in [3.63, 3.8) is 0 Å². The minimum absolute atomic E-state index is 0.139. The lowest BCUT2D eigenvalue weighted by molar-refractivity contribution is -0.136. The van der Waals surface area contributed by atoms with Gasteiger partial charge in [-0.2, -0.15) is 0 Å². The van der Waals surface area contributed by atoms with E-state index in [1.165, 1.54) is 4.68 Å². The van der Waals surface area contributed by atoms with Crippen molar-refractivity contribution in [3.05, 3.63) is 40.7 Å². The van der Waals surface area contributed by atoms with E-state index < -0.39 is 5.97 Å². The van der Waals surface area contributed by atoms with Crippen molar-refractivity contribution in [2.24, 2.45) is 0 Å². The fraction of sp³-hybridized carbons (Fsp3) is 0.182. The topological polar surface area (TPSA) is 68.0 Å².